The number of methoxy groups -OCH3 is 1. The number of hydrogen-bond donors (Lipinski definition) is 2. The molecule has 0 saturated carbocycles. The Labute approximate surface area is 241 Å². The van der Waals surface area contributed by atoms with Crippen LogP contribution in [0.5, 0.6) is 5.75 Å². The first kappa shape index (κ1) is 29.8. The van der Waals surface area contributed by atoms with Crippen LogP contribution in [-0.4, -0.2) is 66.0 Å². The molecule has 11 nitrogen and oxygen atoms in total. The van der Waals surface area contributed by atoms with Crippen LogP contribution in [0.25, 0.3) is 0 Å². The van der Waals surface area contributed by atoms with Gasteiger partial charge >= 0.3 is 6.03 Å². The van der Waals surface area contributed by atoms with E-state index in [4.69, 9.17) is 14.2 Å². The maximum Gasteiger partial charge on any atom is 0.325 e. The Hall–Kier alpha value is -4.13. The SMILES string of the molecule is CCC(=O)c1csc(NC(=O)[C@H]([C@@H](C)OCc2ccccc2)N2C(=O)N[C@H](c3ccc(OCCOC)cc3)C2=O)n1. The third-order valence-corrected chi connectivity index (χ3v) is 7.19. The number of anilines is 1. The van der Waals surface area contributed by atoms with E-state index in [1.165, 1.54) is 0 Å². The lowest BCUT2D eigenvalue weighted by molar-refractivity contribution is -0.139. The molecule has 2 heterocycles. The van der Waals surface area contributed by atoms with E-state index in [-0.39, 0.29) is 29.6 Å². The Balaban J connectivity index is 1.55. The van der Waals surface area contributed by atoms with Crippen LogP contribution in [0.4, 0.5) is 9.93 Å². The van der Waals surface area contributed by atoms with E-state index in [0.717, 1.165) is 21.8 Å². The summed E-state index contributed by atoms with van der Waals surface area (Å²) < 4.78 is 16.5. The standard InChI is InChI=1S/C29H32N4O7S/c1-4-23(34)22-17-41-28(30-22)32-26(35)25(18(2)40-16-19-8-6-5-7-9-19)33-27(36)24(31-29(33)37)20-10-12-21(13-11-20)39-15-14-38-3/h5-13,17-18,24-25H,4,14-16H2,1-3H3,(H,31,37)(H,30,32,35)/t18-,24-,25+/m1/s1. The van der Waals surface area contributed by atoms with Crippen molar-refractivity contribution >= 4 is 40.1 Å². The molecule has 4 rings (SSSR count). The zero-order valence-corrected chi connectivity index (χ0v) is 23.8. The number of ketones is 1. The van der Waals surface area contributed by atoms with Crippen molar-refractivity contribution in [2.45, 2.75) is 45.1 Å². The van der Waals surface area contributed by atoms with E-state index in [0.29, 0.717) is 24.5 Å². The van der Waals surface area contributed by atoms with Gasteiger partial charge in [-0.25, -0.2) is 14.7 Å². The molecule has 3 aromatic rings. The number of amides is 4. The minimum atomic E-state index is -1.32. The lowest BCUT2D eigenvalue weighted by Gasteiger charge is -2.29. The van der Waals surface area contributed by atoms with Crippen molar-refractivity contribution in [2.75, 3.05) is 25.6 Å². The number of rotatable bonds is 14. The van der Waals surface area contributed by atoms with Crippen LogP contribution >= 0.6 is 11.3 Å². The molecule has 3 atom stereocenters. The van der Waals surface area contributed by atoms with Gasteiger partial charge in [0.15, 0.2) is 10.9 Å². The van der Waals surface area contributed by atoms with Crippen LogP contribution < -0.4 is 15.4 Å². The van der Waals surface area contributed by atoms with Crippen molar-refractivity contribution < 1.29 is 33.4 Å². The summed E-state index contributed by atoms with van der Waals surface area (Å²) in [6.07, 6.45) is -0.606. The second-order valence-electron chi connectivity index (χ2n) is 9.25. The van der Waals surface area contributed by atoms with Gasteiger partial charge in [-0.3, -0.25) is 14.4 Å². The average Bonchev–Trinajstić information content (AvgIpc) is 3.57. The highest BCUT2D eigenvalue weighted by atomic mass is 32.1. The van der Waals surface area contributed by atoms with E-state index in [2.05, 4.69) is 15.6 Å². The molecule has 0 unspecified atom stereocenters. The van der Waals surface area contributed by atoms with Gasteiger partial charge < -0.3 is 24.8 Å². The first-order chi connectivity index (χ1) is 19.8. The van der Waals surface area contributed by atoms with Gasteiger partial charge in [0.25, 0.3) is 11.8 Å². The lowest BCUT2D eigenvalue weighted by atomic mass is 10.1. The molecule has 216 valence electrons. The summed E-state index contributed by atoms with van der Waals surface area (Å²) >= 11 is 1.08. The quantitative estimate of drug-likeness (QED) is 0.166. The van der Waals surface area contributed by atoms with Crippen molar-refractivity contribution in [1.82, 2.24) is 15.2 Å². The van der Waals surface area contributed by atoms with Crippen molar-refractivity contribution in [3.8, 4) is 5.75 Å². The molecule has 1 aromatic heterocycles. The molecule has 12 heteroatoms. The van der Waals surface area contributed by atoms with Crippen LogP contribution in [0.2, 0.25) is 0 Å². The molecule has 1 fully saturated rings. The molecule has 1 aliphatic heterocycles. The first-order valence-electron chi connectivity index (χ1n) is 13.1. The zero-order valence-electron chi connectivity index (χ0n) is 23.0. The highest BCUT2D eigenvalue weighted by Gasteiger charge is 2.47. The van der Waals surface area contributed by atoms with E-state index in [1.807, 2.05) is 30.3 Å². The highest BCUT2D eigenvalue weighted by molar-refractivity contribution is 7.14. The van der Waals surface area contributed by atoms with Gasteiger partial charge in [0.2, 0.25) is 0 Å². The Bertz CT molecular complexity index is 1360. The Morgan fingerprint density at radius 1 is 1.10 bits per heavy atom. The van der Waals surface area contributed by atoms with Crippen LogP contribution in [0.3, 0.4) is 0 Å². The second-order valence-corrected chi connectivity index (χ2v) is 10.1. The molecule has 1 saturated heterocycles. The summed E-state index contributed by atoms with van der Waals surface area (Å²) in [6, 6.07) is 13.1. The summed E-state index contributed by atoms with van der Waals surface area (Å²) in [6.45, 7) is 4.31. The van der Waals surface area contributed by atoms with E-state index in [1.54, 1.807) is 50.6 Å². The number of hydrogen-bond acceptors (Lipinski definition) is 9. The molecular formula is C29H32N4O7S. The second kappa shape index (κ2) is 14.0. The maximum absolute atomic E-state index is 13.6. The average molecular weight is 581 g/mol. The molecule has 0 radical (unpaired) electrons. The van der Waals surface area contributed by atoms with Crippen LogP contribution in [0.1, 0.15) is 47.9 Å². The fourth-order valence-corrected chi connectivity index (χ4v) is 4.95. The van der Waals surface area contributed by atoms with Gasteiger partial charge in [-0.2, -0.15) is 0 Å². The molecule has 2 aromatic carbocycles. The van der Waals surface area contributed by atoms with Crippen LogP contribution in [-0.2, 0) is 25.7 Å². The number of nitrogens with zero attached hydrogens (tertiary/aromatic N) is 2. The van der Waals surface area contributed by atoms with Crippen molar-refractivity contribution in [3.63, 3.8) is 0 Å². The summed E-state index contributed by atoms with van der Waals surface area (Å²) in [5.41, 5.74) is 1.64. The molecule has 1 aliphatic rings. The number of carbonyl (C=O) groups excluding carboxylic acids is 4. The van der Waals surface area contributed by atoms with Gasteiger partial charge in [0.1, 0.15) is 30.1 Å². The summed E-state index contributed by atoms with van der Waals surface area (Å²) in [5.74, 6) is -0.838. The Kier molecular flexibility index (Phi) is 10.2. The van der Waals surface area contributed by atoms with E-state index in [9.17, 15) is 19.2 Å². The third-order valence-electron chi connectivity index (χ3n) is 6.43. The minimum Gasteiger partial charge on any atom is -0.491 e. The van der Waals surface area contributed by atoms with Crippen molar-refractivity contribution in [2.24, 2.45) is 0 Å². The van der Waals surface area contributed by atoms with Crippen LogP contribution in [0, 0.1) is 0 Å². The molecule has 2 N–H and O–H groups in total. The lowest BCUT2D eigenvalue weighted by Crippen LogP contribution is -2.53. The van der Waals surface area contributed by atoms with Crippen molar-refractivity contribution in [3.05, 3.63) is 76.8 Å². The first-order valence-corrected chi connectivity index (χ1v) is 14.0. The maximum atomic E-state index is 13.6. The molecule has 0 aliphatic carbocycles. The molecule has 0 spiro atoms. The number of aromatic nitrogens is 1. The number of ether oxygens (including phenoxy) is 3. The normalized spacial score (nSPS) is 16.3. The highest BCUT2D eigenvalue weighted by Crippen LogP contribution is 2.28. The molecular weight excluding hydrogens is 548 g/mol. The number of imide groups is 1. The number of thiazole rings is 1. The number of benzene rings is 2. The largest absolute Gasteiger partial charge is 0.491 e. The van der Waals surface area contributed by atoms with E-state index >= 15 is 0 Å². The molecule has 41 heavy (non-hydrogen) atoms. The monoisotopic (exact) mass is 580 g/mol. The third kappa shape index (κ3) is 7.34. The fourth-order valence-electron chi connectivity index (χ4n) is 4.24. The van der Waals surface area contributed by atoms with Gasteiger partial charge in [-0.15, -0.1) is 11.3 Å². The smallest absolute Gasteiger partial charge is 0.325 e. The summed E-state index contributed by atoms with van der Waals surface area (Å²) in [7, 11) is 1.58. The Morgan fingerprint density at radius 2 is 1.83 bits per heavy atom. The zero-order chi connectivity index (χ0) is 29.4. The predicted molar refractivity (Wildman–Crippen MR) is 152 cm³/mol. The van der Waals surface area contributed by atoms with Gasteiger partial charge in [-0.1, -0.05) is 49.4 Å². The number of urea groups is 1. The minimum absolute atomic E-state index is 0.162. The number of nitrogens with one attached hydrogen (secondary N) is 2. The van der Waals surface area contributed by atoms with Crippen LogP contribution in [0.15, 0.2) is 60.0 Å². The summed E-state index contributed by atoms with van der Waals surface area (Å²) in [5, 5.41) is 7.07. The number of carbonyl (C=O) groups is 4. The predicted octanol–water partition coefficient (Wildman–Crippen LogP) is 3.97. The van der Waals surface area contributed by atoms with Gasteiger partial charge in [-0.05, 0) is 30.2 Å². The number of Topliss-reactive ketones (excluding diaryl/α,β-unsaturated/α-hetero) is 1. The topological polar surface area (TPSA) is 136 Å². The molecule has 0 bridgehead atoms. The van der Waals surface area contributed by atoms with Crippen molar-refractivity contribution in [1.29, 1.82) is 0 Å². The Morgan fingerprint density at radius 3 is 2.51 bits per heavy atom. The van der Waals surface area contributed by atoms with E-state index < -0.39 is 36.0 Å². The fraction of sp³-hybridized carbons (Fsp3) is 0.345. The van der Waals surface area contributed by atoms with Gasteiger partial charge in [0.05, 0.1) is 19.3 Å². The molecule has 4 amide bonds. The van der Waals surface area contributed by atoms with Gasteiger partial charge in [0, 0.05) is 18.9 Å². The summed E-state index contributed by atoms with van der Waals surface area (Å²) in [4.78, 5) is 57.5.